The lowest BCUT2D eigenvalue weighted by Crippen LogP contribution is -2.40. The topological polar surface area (TPSA) is 94.0 Å². The first kappa shape index (κ1) is 22.8. The monoisotopic (exact) mass is 462 g/mol. The van der Waals surface area contributed by atoms with Gasteiger partial charge in [-0.1, -0.05) is 71.0 Å². The van der Waals surface area contributed by atoms with E-state index in [1.165, 1.54) is 11.8 Å². The van der Waals surface area contributed by atoms with E-state index in [9.17, 15) is 4.79 Å². The summed E-state index contributed by atoms with van der Waals surface area (Å²) in [5, 5.41) is 11.0. The minimum atomic E-state index is -0.334. The number of aromatic nitrogens is 3. The van der Waals surface area contributed by atoms with Crippen molar-refractivity contribution >= 4 is 17.7 Å². The van der Waals surface area contributed by atoms with Crippen molar-refractivity contribution in [3.63, 3.8) is 0 Å². The number of benzene rings is 2. The standard InChI is InChI=1S/C25H26N4O3S/c1-17-23(18(2)31-28-17)24-27-21(29-32-24)14-33-15-22(30)26-16-25(3,19-10-6-4-7-11-19)20-12-8-5-9-13-20/h4-13H,14-16H2,1-3H3,(H,26,30). The van der Waals surface area contributed by atoms with Crippen LogP contribution in [0.15, 0.2) is 69.7 Å². The van der Waals surface area contributed by atoms with Crippen LogP contribution in [0.1, 0.15) is 35.3 Å². The van der Waals surface area contributed by atoms with Gasteiger partial charge in [-0.05, 0) is 31.9 Å². The quantitative estimate of drug-likeness (QED) is 0.385. The van der Waals surface area contributed by atoms with Gasteiger partial charge in [0.15, 0.2) is 5.82 Å². The molecule has 0 bridgehead atoms. The molecule has 170 valence electrons. The Labute approximate surface area is 197 Å². The zero-order valence-electron chi connectivity index (χ0n) is 18.9. The SMILES string of the molecule is Cc1noc(C)c1-c1nc(CSCC(=O)NCC(C)(c2ccccc2)c2ccccc2)no1. The number of aryl methyl sites for hydroxylation is 2. The summed E-state index contributed by atoms with van der Waals surface area (Å²) in [6.45, 7) is 6.28. The van der Waals surface area contributed by atoms with Crippen molar-refractivity contribution in [1.82, 2.24) is 20.6 Å². The summed E-state index contributed by atoms with van der Waals surface area (Å²) in [7, 11) is 0. The fraction of sp³-hybridized carbons (Fsp3) is 0.280. The highest BCUT2D eigenvalue weighted by Gasteiger charge is 2.29. The molecule has 33 heavy (non-hydrogen) atoms. The molecular weight excluding hydrogens is 436 g/mol. The van der Waals surface area contributed by atoms with E-state index in [4.69, 9.17) is 9.05 Å². The summed E-state index contributed by atoms with van der Waals surface area (Å²) in [6, 6.07) is 20.5. The zero-order valence-corrected chi connectivity index (χ0v) is 19.7. The number of amides is 1. The number of rotatable bonds is 9. The highest BCUT2D eigenvalue weighted by molar-refractivity contribution is 7.99. The van der Waals surface area contributed by atoms with Gasteiger partial charge in [-0.15, -0.1) is 11.8 Å². The molecule has 0 fully saturated rings. The van der Waals surface area contributed by atoms with Crippen LogP contribution < -0.4 is 5.32 Å². The lowest BCUT2D eigenvalue weighted by molar-refractivity contribution is -0.118. The number of hydrogen-bond donors (Lipinski definition) is 1. The molecule has 0 atom stereocenters. The zero-order chi connectivity index (χ0) is 23.3. The molecule has 0 aliphatic rings. The molecular formula is C25H26N4O3S. The average Bonchev–Trinajstić information content (AvgIpc) is 3.44. The van der Waals surface area contributed by atoms with Gasteiger partial charge in [0, 0.05) is 12.0 Å². The van der Waals surface area contributed by atoms with Crippen molar-refractivity contribution in [3.05, 3.63) is 89.1 Å². The van der Waals surface area contributed by atoms with E-state index in [1.54, 1.807) is 6.92 Å². The molecule has 0 aliphatic heterocycles. The van der Waals surface area contributed by atoms with Gasteiger partial charge in [0.05, 0.1) is 17.2 Å². The summed E-state index contributed by atoms with van der Waals surface area (Å²) in [5.41, 5.74) is 3.40. The minimum Gasteiger partial charge on any atom is -0.361 e. The summed E-state index contributed by atoms with van der Waals surface area (Å²) in [5.74, 6) is 2.28. The predicted octanol–water partition coefficient (Wildman–Crippen LogP) is 4.70. The van der Waals surface area contributed by atoms with Crippen molar-refractivity contribution in [2.45, 2.75) is 31.9 Å². The first-order valence-corrected chi connectivity index (χ1v) is 11.8. The number of thioether (sulfide) groups is 1. The van der Waals surface area contributed by atoms with Crippen molar-refractivity contribution in [1.29, 1.82) is 0 Å². The normalized spacial score (nSPS) is 11.5. The van der Waals surface area contributed by atoms with Crippen LogP contribution in [-0.2, 0) is 16.0 Å². The van der Waals surface area contributed by atoms with E-state index in [-0.39, 0.29) is 11.3 Å². The van der Waals surface area contributed by atoms with Crippen LogP contribution in [0.25, 0.3) is 11.5 Å². The lowest BCUT2D eigenvalue weighted by Gasteiger charge is -2.31. The van der Waals surface area contributed by atoms with Crippen LogP contribution in [0.3, 0.4) is 0 Å². The van der Waals surface area contributed by atoms with E-state index in [1.807, 2.05) is 43.3 Å². The van der Waals surface area contributed by atoms with Gasteiger partial charge in [-0.3, -0.25) is 4.79 Å². The summed E-state index contributed by atoms with van der Waals surface area (Å²) in [6.07, 6.45) is 0. The van der Waals surface area contributed by atoms with Crippen molar-refractivity contribution in [2.24, 2.45) is 0 Å². The third kappa shape index (κ3) is 5.17. The van der Waals surface area contributed by atoms with E-state index >= 15 is 0 Å². The van der Waals surface area contributed by atoms with Crippen LogP contribution in [0.4, 0.5) is 0 Å². The minimum absolute atomic E-state index is 0.0347. The molecule has 2 aromatic heterocycles. The van der Waals surface area contributed by atoms with Gasteiger partial charge < -0.3 is 14.4 Å². The fourth-order valence-corrected chi connectivity index (χ4v) is 4.44. The summed E-state index contributed by atoms with van der Waals surface area (Å²) in [4.78, 5) is 17.0. The Morgan fingerprint density at radius 3 is 2.18 bits per heavy atom. The van der Waals surface area contributed by atoms with Gasteiger partial charge in [-0.2, -0.15) is 4.98 Å². The van der Waals surface area contributed by atoms with Crippen LogP contribution >= 0.6 is 11.8 Å². The number of carbonyl (C=O) groups is 1. The maximum atomic E-state index is 12.6. The third-order valence-electron chi connectivity index (χ3n) is 5.64. The molecule has 2 heterocycles. The van der Waals surface area contributed by atoms with Crippen molar-refractivity contribution in [2.75, 3.05) is 12.3 Å². The Balaban J connectivity index is 1.34. The number of hydrogen-bond acceptors (Lipinski definition) is 7. The second-order valence-electron chi connectivity index (χ2n) is 8.05. The van der Waals surface area contributed by atoms with Crippen LogP contribution in [0.5, 0.6) is 0 Å². The third-order valence-corrected chi connectivity index (χ3v) is 6.57. The maximum Gasteiger partial charge on any atom is 0.263 e. The maximum absolute atomic E-state index is 12.6. The van der Waals surface area contributed by atoms with E-state index < -0.39 is 0 Å². The molecule has 0 saturated carbocycles. The Morgan fingerprint density at radius 1 is 0.970 bits per heavy atom. The van der Waals surface area contributed by atoms with Gasteiger partial charge in [-0.25, -0.2) is 0 Å². The van der Waals surface area contributed by atoms with E-state index in [0.717, 1.165) is 16.7 Å². The molecule has 4 rings (SSSR count). The molecule has 2 aromatic carbocycles. The first-order chi connectivity index (χ1) is 16.0. The number of nitrogens with zero attached hydrogens (tertiary/aromatic N) is 3. The van der Waals surface area contributed by atoms with Crippen LogP contribution in [0, 0.1) is 13.8 Å². The molecule has 0 radical (unpaired) electrons. The number of carbonyl (C=O) groups excluding carboxylic acids is 1. The highest BCUT2D eigenvalue weighted by Crippen LogP contribution is 2.31. The average molecular weight is 463 g/mol. The van der Waals surface area contributed by atoms with Crippen molar-refractivity contribution in [3.8, 4) is 11.5 Å². The molecule has 1 N–H and O–H groups in total. The van der Waals surface area contributed by atoms with Gasteiger partial charge in [0.2, 0.25) is 5.91 Å². The Bertz CT molecular complexity index is 1150. The summed E-state index contributed by atoms with van der Waals surface area (Å²) < 4.78 is 10.5. The fourth-order valence-electron chi connectivity index (χ4n) is 3.75. The number of nitrogens with one attached hydrogen (secondary N) is 1. The second kappa shape index (κ2) is 10.0. The van der Waals surface area contributed by atoms with Crippen molar-refractivity contribution < 1.29 is 13.8 Å². The van der Waals surface area contributed by atoms with E-state index in [0.29, 0.717) is 41.2 Å². The van der Waals surface area contributed by atoms with Gasteiger partial charge >= 0.3 is 0 Å². The van der Waals surface area contributed by atoms with Crippen LogP contribution in [0.2, 0.25) is 0 Å². The smallest absolute Gasteiger partial charge is 0.263 e. The van der Waals surface area contributed by atoms with E-state index in [2.05, 4.69) is 51.8 Å². The largest absolute Gasteiger partial charge is 0.361 e. The molecule has 0 saturated heterocycles. The van der Waals surface area contributed by atoms with Gasteiger partial charge in [0.1, 0.15) is 11.3 Å². The predicted molar refractivity (Wildman–Crippen MR) is 128 cm³/mol. The Kier molecular flexibility index (Phi) is 6.93. The summed E-state index contributed by atoms with van der Waals surface area (Å²) >= 11 is 1.44. The second-order valence-corrected chi connectivity index (χ2v) is 9.03. The molecule has 4 aromatic rings. The highest BCUT2D eigenvalue weighted by atomic mass is 32.2. The molecule has 0 spiro atoms. The van der Waals surface area contributed by atoms with Gasteiger partial charge in [0.25, 0.3) is 5.89 Å². The van der Waals surface area contributed by atoms with Crippen LogP contribution in [-0.4, -0.2) is 33.5 Å². The Morgan fingerprint density at radius 2 is 1.61 bits per heavy atom. The Hall–Kier alpha value is -3.39. The first-order valence-electron chi connectivity index (χ1n) is 10.7. The molecule has 0 unspecified atom stereocenters. The molecule has 7 nitrogen and oxygen atoms in total. The molecule has 8 heteroatoms. The molecule has 0 aliphatic carbocycles. The molecule has 1 amide bonds. The lowest BCUT2D eigenvalue weighted by atomic mass is 9.76.